The average molecular weight is 369 g/mol. The molecule has 1 heterocycles. The lowest BCUT2D eigenvalue weighted by Gasteiger charge is -2.05. The minimum Gasteiger partial charge on any atom is -0.484 e. The first-order chi connectivity index (χ1) is 12.6. The van der Waals surface area contributed by atoms with Crippen molar-refractivity contribution in [3.05, 3.63) is 65.5 Å². The van der Waals surface area contributed by atoms with E-state index in [1.807, 2.05) is 55.6 Å². The highest BCUT2D eigenvalue weighted by Crippen LogP contribution is 2.17. The molecule has 0 saturated heterocycles. The Morgan fingerprint density at radius 3 is 2.73 bits per heavy atom. The number of aromatic nitrogens is 2. The Labute approximate surface area is 156 Å². The number of hydrogen-bond donors (Lipinski definition) is 1. The van der Waals surface area contributed by atoms with Crippen molar-refractivity contribution in [1.29, 1.82) is 0 Å². The lowest BCUT2D eigenvalue weighted by atomic mass is 10.1. The number of nitrogens with one attached hydrogen (secondary N) is 1. The maximum atomic E-state index is 11.9. The van der Waals surface area contributed by atoms with Crippen LogP contribution in [-0.2, 0) is 11.2 Å². The highest BCUT2D eigenvalue weighted by molar-refractivity contribution is 7.98. The minimum absolute atomic E-state index is 0.0681. The molecule has 1 N–H and O–H groups in total. The van der Waals surface area contributed by atoms with Crippen LogP contribution in [0.3, 0.4) is 0 Å². The third-order valence-electron chi connectivity index (χ3n) is 3.59. The Morgan fingerprint density at radius 1 is 1.19 bits per heavy atom. The number of carbonyl (C=O) groups excluding carboxylic acids is 1. The van der Waals surface area contributed by atoms with E-state index in [0.29, 0.717) is 18.1 Å². The summed E-state index contributed by atoms with van der Waals surface area (Å²) in [7, 11) is 0. The van der Waals surface area contributed by atoms with Gasteiger partial charge in [-0.25, -0.2) is 0 Å². The molecule has 7 heteroatoms. The van der Waals surface area contributed by atoms with Crippen molar-refractivity contribution in [1.82, 2.24) is 10.2 Å². The van der Waals surface area contributed by atoms with Gasteiger partial charge in [0.1, 0.15) is 5.75 Å². The second-order valence-electron chi connectivity index (χ2n) is 5.68. The van der Waals surface area contributed by atoms with Gasteiger partial charge in [-0.2, -0.15) is 0 Å². The van der Waals surface area contributed by atoms with Crippen molar-refractivity contribution in [2.45, 2.75) is 18.2 Å². The van der Waals surface area contributed by atoms with Gasteiger partial charge < -0.3 is 9.15 Å². The standard InChI is InChI=1S/C19H19N3O3S/c1-13-4-3-5-15(10-13)24-12-17(23)20-19-22-21-18(25-19)11-14-6-8-16(26-2)9-7-14/h3-10H,11-12H2,1-2H3,(H,20,22,23). The first-order valence-electron chi connectivity index (χ1n) is 8.07. The zero-order chi connectivity index (χ0) is 18.4. The SMILES string of the molecule is CSc1ccc(Cc2nnc(NC(=O)COc3cccc(C)c3)o2)cc1. The summed E-state index contributed by atoms with van der Waals surface area (Å²) < 4.78 is 10.9. The van der Waals surface area contributed by atoms with Crippen molar-refractivity contribution >= 4 is 23.7 Å². The number of anilines is 1. The molecule has 3 aromatic rings. The third-order valence-corrected chi connectivity index (χ3v) is 4.33. The fourth-order valence-electron chi connectivity index (χ4n) is 2.30. The van der Waals surface area contributed by atoms with E-state index >= 15 is 0 Å². The van der Waals surface area contributed by atoms with Crippen molar-refractivity contribution in [2.24, 2.45) is 0 Å². The topological polar surface area (TPSA) is 77.2 Å². The van der Waals surface area contributed by atoms with Crippen molar-refractivity contribution < 1.29 is 13.9 Å². The Balaban J connectivity index is 1.51. The Kier molecular flexibility index (Phi) is 5.91. The number of thioether (sulfide) groups is 1. The molecule has 26 heavy (non-hydrogen) atoms. The molecule has 3 rings (SSSR count). The number of nitrogens with zero attached hydrogens (tertiary/aromatic N) is 2. The highest BCUT2D eigenvalue weighted by Gasteiger charge is 2.11. The molecule has 0 bridgehead atoms. The van der Waals surface area contributed by atoms with Crippen molar-refractivity contribution in [2.75, 3.05) is 18.2 Å². The van der Waals surface area contributed by atoms with E-state index in [4.69, 9.17) is 9.15 Å². The predicted molar refractivity (Wildman–Crippen MR) is 101 cm³/mol. The zero-order valence-electron chi connectivity index (χ0n) is 14.6. The minimum atomic E-state index is -0.356. The molecule has 1 amide bonds. The molecular formula is C19H19N3O3S. The van der Waals surface area contributed by atoms with E-state index in [2.05, 4.69) is 15.5 Å². The van der Waals surface area contributed by atoms with Crippen LogP contribution in [0.25, 0.3) is 0 Å². The van der Waals surface area contributed by atoms with Gasteiger partial charge in [0.15, 0.2) is 6.61 Å². The number of amides is 1. The van der Waals surface area contributed by atoms with Gasteiger partial charge in [0.25, 0.3) is 5.91 Å². The van der Waals surface area contributed by atoms with Crippen LogP contribution < -0.4 is 10.1 Å². The van der Waals surface area contributed by atoms with Gasteiger partial charge in [0.05, 0.1) is 6.42 Å². The van der Waals surface area contributed by atoms with Crippen LogP contribution in [0.4, 0.5) is 6.01 Å². The fraction of sp³-hybridized carbons (Fsp3) is 0.211. The van der Waals surface area contributed by atoms with Crippen molar-refractivity contribution in [3.8, 4) is 5.75 Å². The summed E-state index contributed by atoms with van der Waals surface area (Å²) in [6.45, 7) is 1.83. The fourth-order valence-corrected chi connectivity index (χ4v) is 2.71. The summed E-state index contributed by atoms with van der Waals surface area (Å²) in [5.41, 5.74) is 2.13. The first kappa shape index (κ1) is 18.0. The van der Waals surface area contributed by atoms with Gasteiger partial charge in [0, 0.05) is 4.90 Å². The van der Waals surface area contributed by atoms with Crippen LogP contribution in [0.2, 0.25) is 0 Å². The number of rotatable bonds is 7. The van der Waals surface area contributed by atoms with E-state index in [1.165, 1.54) is 4.90 Å². The number of ether oxygens (including phenoxy) is 1. The molecule has 134 valence electrons. The second kappa shape index (κ2) is 8.53. The van der Waals surface area contributed by atoms with Gasteiger partial charge in [-0.05, 0) is 48.6 Å². The molecule has 0 atom stereocenters. The lowest BCUT2D eigenvalue weighted by molar-refractivity contribution is -0.118. The van der Waals surface area contributed by atoms with Crippen LogP contribution in [0, 0.1) is 6.92 Å². The Hall–Kier alpha value is -2.80. The van der Waals surface area contributed by atoms with Crippen LogP contribution in [0.1, 0.15) is 17.0 Å². The summed E-state index contributed by atoms with van der Waals surface area (Å²) in [5.74, 6) is 0.725. The van der Waals surface area contributed by atoms with Gasteiger partial charge in [-0.15, -0.1) is 16.9 Å². The van der Waals surface area contributed by atoms with E-state index in [9.17, 15) is 4.79 Å². The molecule has 0 radical (unpaired) electrons. The first-order valence-corrected chi connectivity index (χ1v) is 9.29. The number of aryl methyl sites for hydroxylation is 1. The summed E-state index contributed by atoms with van der Waals surface area (Å²) in [6.07, 6.45) is 2.54. The molecule has 0 fully saturated rings. The molecule has 0 aliphatic heterocycles. The number of carbonyl (C=O) groups is 1. The molecule has 6 nitrogen and oxygen atoms in total. The second-order valence-corrected chi connectivity index (χ2v) is 6.56. The monoisotopic (exact) mass is 369 g/mol. The highest BCUT2D eigenvalue weighted by atomic mass is 32.2. The molecular weight excluding hydrogens is 350 g/mol. The largest absolute Gasteiger partial charge is 0.484 e. The molecule has 0 aliphatic rings. The van der Waals surface area contributed by atoms with E-state index < -0.39 is 0 Å². The van der Waals surface area contributed by atoms with Crippen LogP contribution in [0.15, 0.2) is 57.8 Å². The van der Waals surface area contributed by atoms with E-state index in [-0.39, 0.29) is 18.5 Å². The van der Waals surface area contributed by atoms with Gasteiger partial charge in [0.2, 0.25) is 5.89 Å². The predicted octanol–water partition coefficient (Wildman–Crippen LogP) is 3.71. The van der Waals surface area contributed by atoms with E-state index in [1.54, 1.807) is 17.8 Å². The summed E-state index contributed by atoms with van der Waals surface area (Å²) in [4.78, 5) is 13.1. The smallest absolute Gasteiger partial charge is 0.322 e. The van der Waals surface area contributed by atoms with Gasteiger partial charge >= 0.3 is 6.01 Å². The molecule has 0 saturated carbocycles. The molecule has 1 aromatic heterocycles. The summed E-state index contributed by atoms with van der Waals surface area (Å²) in [5, 5.41) is 10.4. The number of benzene rings is 2. The quantitative estimate of drug-likeness (QED) is 0.640. The maximum Gasteiger partial charge on any atom is 0.322 e. The molecule has 0 spiro atoms. The molecule has 0 unspecified atom stereocenters. The number of hydrogen-bond acceptors (Lipinski definition) is 6. The summed E-state index contributed by atoms with van der Waals surface area (Å²) in [6, 6.07) is 15.7. The third kappa shape index (κ3) is 5.10. The van der Waals surface area contributed by atoms with Gasteiger partial charge in [-0.3, -0.25) is 10.1 Å². The summed E-state index contributed by atoms with van der Waals surface area (Å²) >= 11 is 1.69. The van der Waals surface area contributed by atoms with Crippen LogP contribution >= 0.6 is 11.8 Å². The van der Waals surface area contributed by atoms with Crippen LogP contribution in [-0.4, -0.2) is 29.0 Å². The maximum absolute atomic E-state index is 11.9. The van der Waals surface area contributed by atoms with Crippen molar-refractivity contribution in [3.63, 3.8) is 0 Å². The molecule has 2 aromatic carbocycles. The van der Waals surface area contributed by atoms with Gasteiger partial charge in [-0.1, -0.05) is 29.4 Å². The Bertz CT molecular complexity index is 878. The normalized spacial score (nSPS) is 10.5. The van der Waals surface area contributed by atoms with Crippen LogP contribution in [0.5, 0.6) is 5.75 Å². The molecule has 0 aliphatic carbocycles. The zero-order valence-corrected chi connectivity index (χ0v) is 15.4. The lowest BCUT2D eigenvalue weighted by Crippen LogP contribution is -2.20. The van der Waals surface area contributed by atoms with E-state index in [0.717, 1.165) is 11.1 Å². The average Bonchev–Trinajstić information content (AvgIpc) is 3.07. The Morgan fingerprint density at radius 2 is 2.00 bits per heavy atom.